The van der Waals surface area contributed by atoms with E-state index in [0.717, 1.165) is 6.20 Å². The summed E-state index contributed by atoms with van der Waals surface area (Å²) in [6.07, 6.45) is -1.66. The Bertz CT molecular complexity index is 413. The Morgan fingerprint density at radius 2 is 2.31 bits per heavy atom. The molecule has 4 nitrogen and oxygen atoms in total. The molecule has 1 heterocycles. The van der Waals surface area contributed by atoms with E-state index in [1.54, 1.807) is 22.6 Å². The second-order valence-corrected chi connectivity index (χ2v) is 3.92. The van der Waals surface area contributed by atoms with E-state index in [0.29, 0.717) is 0 Å². The molecule has 0 amide bonds. The minimum absolute atomic E-state index is 0.00997. The number of hydrogen-bond acceptors (Lipinski definition) is 4. The molecule has 0 aromatic carbocycles. The molecule has 0 aliphatic carbocycles. The zero-order valence-electron chi connectivity index (χ0n) is 8.34. The van der Waals surface area contributed by atoms with Crippen molar-refractivity contribution in [3.8, 4) is 0 Å². The fourth-order valence-electron chi connectivity index (χ4n) is 1.16. The highest BCUT2D eigenvalue weighted by Gasteiger charge is 2.23. The molecule has 2 N–H and O–H groups in total. The van der Waals surface area contributed by atoms with Gasteiger partial charge in [0.1, 0.15) is 0 Å². The lowest BCUT2D eigenvalue weighted by atomic mass is 10.1. The van der Waals surface area contributed by atoms with Gasteiger partial charge in [-0.1, -0.05) is 0 Å². The van der Waals surface area contributed by atoms with E-state index in [-0.39, 0.29) is 26.9 Å². The van der Waals surface area contributed by atoms with Crippen molar-refractivity contribution in [2.24, 2.45) is 5.73 Å². The number of pyridine rings is 1. The van der Waals surface area contributed by atoms with Gasteiger partial charge in [-0.05, 0) is 22.6 Å². The van der Waals surface area contributed by atoms with Crippen LogP contribution in [-0.4, -0.2) is 18.1 Å². The Hall–Kier alpha value is -0.830. The second kappa shape index (κ2) is 5.48. The highest BCUT2D eigenvalue weighted by atomic mass is 127. The molecule has 88 valence electrons. The molecule has 7 heteroatoms. The number of aromatic nitrogens is 1. The summed E-state index contributed by atoms with van der Waals surface area (Å²) in [6.45, 7) is -0.00997. The van der Waals surface area contributed by atoms with Gasteiger partial charge in [-0.15, -0.1) is 0 Å². The lowest BCUT2D eigenvalue weighted by Crippen LogP contribution is -2.15. The number of carbonyl (C=O) groups excluding carboxylic acids is 1. The molecular weight excluding hydrogens is 333 g/mol. The maximum absolute atomic E-state index is 12.6. The third-order valence-corrected chi connectivity index (χ3v) is 3.10. The average Bonchev–Trinajstić information content (AvgIpc) is 2.26. The van der Waals surface area contributed by atoms with Crippen LogP contribution in [0.1, 0.15) is 28.0 Å². The van der Waals surface area contributed by atoms with Crippen LogP contribution in [0.25, 0.3) is 0 Å². The molecule has 0 radical (unpaired) electrons. The molecule has 1 aromatic heterocycles. The molecule has 16 heavy (non-hydrogen) atoms. The Balaban J connectivity index is 3.40. The fraction of sp³-hybridized carbons (Fsp3) is 0.333. The van der Waals surface area contributed by atoms with Gasteiger partial charge in [0.25, 0.3) is 6.43 Å². The van der Waals surface area contributed by atoms with Crippen molar-refractivity contribution in [1.29, 1.82) is 0 Å². The first-order valence-corrected chi connectivity index (χ1v) is 5.34. The summed E-state index contributed by atoms with van der Waals surface area (Å²) in [5, 5.41) is 0. The summed E-state index contributed by atoms with van der Waals surface area (Å²) in [5.74, 6) is -0.708. The molecule has 0 atom stereocenters. The highest BCUT2D eigenvalue weighted by Crippen LogP contribution is 2.28. The van der Waals surface area contributed by atoms with Gasteiger partial charge >= 0.3 is 5.97 Å². The molecule has 1 rings (SSSR count). The summed E-state index contributed by atoms with van der Waals surface area (Å²) < 4.78 is 29.8. The first-order valence-electron chi connectivity index (χ1n) is 4.26. The maximum Gasteiger partial charge on any atom is 0.340 e. The number of carbonyl (C=O) groups is 1. The van der Waals surface area contributed by atoms with Crippen LogP contribution < -0.4 is 5.73 Å². The quantitative estimate of drug-likeness (QED) is 0.673. The van der Waals surface area contributed by atoms with Crippen molar-refractivity contribution in [3.05, 3.63) is 26.6 Å². The van der Waals surface area contributed by atoms with Crippen molar-refractivity contribution in [2.75, 3.05) is 7.11 Å². The van der Waals surface area contributed by atoms with E-state index in [2.05, 4.69) is 9.72 Å². The van der Waals surface area contributed by atoms with Crippen LogP contribution in [0.4, 0.5) is 8.78 Å². The number of nitrogens with two attached hydrogens (primary N) is 1. The second-order valence-electron chi connectivity index (χ2n) is 2.85. The molecule has 0 unspecified atom stereocenters. The first kappa shape index (κ1) is 13.2. The van der Waals surface area contributed by atoms with E-state index < -0.39 is 12.4 Å². The third-order valence-electron chi connectivity index (χ3n) is 1.94. The van der Waals surface area contributed by atoms with Crippen molar-refractivity contribution in [3.63, 3.8) is 0 Å². The topological polar surface area (TPSA) is 65.2 Å². The number of methoxy groups -OCH3 is 1. The Morgan fingerprint density at radius 3 is 2.75 bits per heavy atom. The van der Waals surface area contributed by atoms with E-state index in [9.17, 15) is 13.6 Å². The minimum atomic E-state index is -2.69. The van der Waals surface area contributed by atoms with Crippen LogP contribution in [0.5, 0.6) is 0 Å². The van der Waals surface area contributed by atoms with Crippen molar-refractivity contribution < 1.29 is 18.3 Å². The molecule has 0 aliphatic heterocycles. The van der Waals surface area contributed by atoms with Gasteiger partial charge in [0, 0.05) is 16.3 Å². The predicted octanol–water partition coefficient (Wildman–Crippen LogP) is 1.87. The SMILES string of the molecule is COC(=O)c1c(CN)ncc(C(F)F)c1I. The summed E-state index contributed by atoms with van der Waals surface area (Å²) in [7, 11) is 1.17. The van der Waals surface area contributed by atoms with Gasteiger partial charge in [-0.2, -0.15) is 0 Å². The average molecular weight is 342 g/mol. The smallest absolute Gasteiger partial charge is 0.340 e. The van der Waals surface area contributed by atoms with Crippen molar-refractivity contribution in [1.82, 2.24) is 4.98 Å². The lowest BCUT2D eigenvalue weighted by molar-refractivity contribution is 0.0597. The molecule has 0 saturated heterocycles. The monoisotopic (exact) mass is 342 g/mol. The van der Waals surface area contributed by atoms with Gasteiger partial charge < -0.3 is 10.5 Å². The normalized spacial score (nSPS) is 10.6. The van der Waals surface area contributed by atoms with E-state index >= 15 is 0 Å². The van der Waals surface area contributed by atoms with Crippen molar-refractivity contribution >= 4 is 28.6 Å². The number of esters is 1. The van der Waals surface area contributed by atoms with Crippen LogP contribution in [0.2, 0.25) is 0 Å². The van der Waals surface area contributed by atoms with E-state index in [1.165, 1.54) is 7.11 Å². The summed E-state index contributed by atoms with van der Waals surface area (Å²) in [5.41, 5.74) is 5.35. The number of ether oxygens (including phenoxy) is 1. The Kier molecular flexibility index (Phi) is 4.54. The zero-order valence-corrected chi connectivity index (χ0v) is 10.5. The molecule has 1 aromatic rings. The molecule has 0 aliphatic rings. The van der Waals surface area contributed by atoms with Gasteiger partial charge in [0.05, 0.1) is 23.9 Å². The Morgan fingerprint density at radius 1 is 1.69 bits per heavy atom. The lowest BCUT2D eigenvalue weighted by Gasteiger charge is -2.11. The standard InChI is InChI=1S/C9H9F2IN2O2/c1-16-9(15)6-5(2-13)14-3-4(7(6)12)8(10)11/h3,8H,2,13H2,1H3. The van der Waals surface area contributed by atoms with Gasteiger partial charge in [-0.3, -0.25) is 4.98 Å². The molecule has 0 bridgehead atoms. The molecule has 0 saturated carbocycles. The van der Waals surface area contributed by atoms with Crippen LogP contribution in [0, 0.1) is 3.57 Å². The van der Waals surface area contributed by atoms with Crippen LogP contribution in [0.3, 0.4) is 0 Å². The number of hydrogen-bond donors (Lipinski definition) is 1. The predicted molar refractivity (Wildman–Crippen MR) is 61.1 cm³/mol. The van der Waals surface area contributed by atoms with Crippen LogP contribution in [-0.2, 0) is 11.3 Å². The number of nitrogens with zero attached hydrogens (tertiary/aromatic N) is 1. The van der Waals surface area contributed by atoms with E-state index in [4.69, 9.17) is 5.73 Å². The Labute approximate surface area is 104 Å². The highest BCUT2D eigenvalue weighted by molar-refractivity contribution is 14.1. The van der Waals surface area contributed by atoms with Crippen molar-refractivity contribution in [2.45, 2.75) is 13.0 Å². The van der Waals surface area contributed by atoms with Gasteiger partial charge in [0.15, 0.2) is 0 Å². The van der Waals surface area contributed by atoms with Gasteiger partial charge in [0.2, 0.25) is 0 Å². The van der Waals surface area contributed by atoms with Gasteiger partial charge in [-0.25, -0.2) is 13.6 Å². The third kappa shape index (κ3) is 2.46. The van der Waals surface area contributed by atoms with Crippen LogP contribution in [0.15, 0.2) is 6.20 Å². The zero-order chi connectivity index (χ0) is 12.3. The molecule has 0 spiro atoms. The summed E-state index contributed by atoms with van der Waals surface area (Å²) >= 11 is 1.67. The molecular formula is C9H9F2IN2O2. The number of alkyl halides is 2. The minimum Gasteiger partial charge on any atom is -0.465 e. The summed E-state index contributed by atoms with van der Waals surface area (Å²) in [6, 6.07) is 0. The first-order chi connectivity index (χ1) is 7.52. The molecule has 0 fully saturated rings. The number of rotatable bonds is 3. The summed E-state index contributed by atoms with van der Waals surface area (Å²) in [4.78, 5) is 15.2. The van der Waals surface area contributed by atoms with Crippen LogP contribution >= 0.6 is 22.6 Å². The fourth-order valence-corrected chi connectivity index (χ4v) is 2.06. The van der Waals surface area contributed by atoms with E-state index in [1.807, 2.05) is 0 Å². The largest absolute Gasteiger partial charge is 0.465 e. The number of halogens is 3. The maximum atomic E-state index is 12.6.